The van der Waals surface area contributed by atoms with Gasteiger partial charge in [0.1, 0.15) is 34.5 Å². The third-order valence-corrected chi connectivity index (χ3v) is 10.5. The molecule has 0 spiro atoms. The Morgan fingerprint density at radius 1 is 0.459 bits per heavy atom. The van der Waals surface area contributed by atoms with Crippen LogP contribution in [-0.4, -0.2) is 33.0 Å². The van der Waals surface area contributed by atoms with Gasteiger partial charge in [0.25, 0.3) is 0 Å². The summed E-state index contributed by atoms with van der Waals surface area (Å²) in [6, 6.07) is 49.1. The van der Waals surface area contributed by atoms with Crippen LogP contribution in [0.5, 0.6) is 34.5 Å². The summed E-state index contributed by atoms with van der Waals surface area (Å²) in [7, 11) is 3.16. The second-order valence-corrected chi connectivity index (χ2v) is 14.2. The summed E-state index contributed by atoms with van der Waals surface area (Å²) < 4.78 is 34.7. The molecule has 1 aliphatic heterocycles. The van der Waals surface area contributed by atoms with Gasteiger partial charge < -0.3 is 28.4 Å². The molecular formula is C53H38O8. The van der Waals surface area contributed by atoms with Gasteiger partial charge in [0.15, 0.2) is 0 Å². The molecule has 1 heterocycles. The molecule has 0 N–H and O–H groups in total. The van der Waals surface area contributed by atoms with Crippen LogP contribution < -0.4 is 28.4 Å². The Morgan fingerprint density at radius 2 is 0.836 bits per heavy atom. The van der Waals surface area contributed by atoms with E-state index in [0.29, 0.717) is 45.6 Å². The average molecular weight is 803 g/mol. The van der Waals surface area contributed by atoms with Crippen molar-refractivity contribution in [3.05, 3.63) is 191 Å². The van der Waals surface area contributed by atoms with Crippen molar-refractivity contribution in [3.8, 4) is 45.6 Å². The molecule has 0 amide bonds. The number of esters is 2. The SMILES string of the molecule is COc1ccc(C(=O)Oc2ccc(/C=C/c3cc4ccccc4c4c3OCOc3c(/C=C/c5ccc(OC(=O)c6ccc(OC)cc6)cc5)cc5ccccc5c3-4)cc2)cc1. The molecule has 0 radical (unpaired) electrons. The van der Waals surface area contributed by atoms with Crippen molar-refractivity contribution in [2.24, 2.45) is 0 Å². The Kier molecular flexibility index (Phi) is 10.7. The van der Waals surface area contributed by atoms with Crippen molar-refractivity contribution in [2.75, 3.05) is 21.0 Å². The fraction of sp³-hybridized carbons (Fsp3) is 0.0566. The number of hydrogen-bond donors (Lipinski definition) is 0. The molecule has 8 aromatic carbocycles. The molecule has 0 aliphatic carbocycles. The zero-order chi connectivity index (χ0) is 41.7. The topological polar surface area (TPSA) is 89.5 Å². The number of fused-ring (bicyclic) bond motifs is 7. The van der Waals surface area contributed by atoms with E-state index in [1.165, 1.54) is 0 Å². The Bertz CT molecular complexity index is 2760. The quantitative estimate of drug-likeness (QED) is 0.0767. The first-order valence-corrected chi connectivity index (χ1v) is 19.6. The fourth-order valence-electron chi connectivity index (χ4n) is 7.35. The van der Waals surface area contributed by atoms with Gasteiger partial charge in [0.05, 0.1) is 25.3 Å². The highest BCUT2D eigenvalue weighted by Crippen LogP contribution is 2.50. The van der Waals surface area contributed by atoms with Gasteiger partial charge in [-0.3, -0.25) is 0 Å². The Labute approximate surface area is 352 Å². The molecule has 0 saturated heterocycles. The van der Waals surface area contributed by atoms with Crippen LogP contribution in [0.1, 0.15) is 43.0 Å². The lowest BCUT2D eigenvalue weighted by atomic mass is 9.88. The molecule has 61 heavy (non-hydrogen) atoms. The second kappa shape index (κ2) is 17.0. The molecule has 8 aromatic rings. The minimum absolute atomic E-state index is 0.000873. The highest BCUT2D eigenvalue weighted by Gasteiger charge is 2.26. The van der Waals surface area contributed by atoms with Crippen LogP contribution in [0.3, 0.4) is 0 Å². The summed E-state index contributed by atoms with van der Waals surface area (Å²) in [6.45, 7) is 0.000873. The number of carbonyl (C=O) groups excluding carboxylic acids is 2. The van der Waals surface area contributed by atoms with E-state index in [2.05, 4.69) is 36.4 Å². The predicted octanol–water partition coefficient (Wildman–Crippen LogP) is 12.2. The summed E-state index contributed by atoms with van der Waals surface area (Å²) in [5.41, 5.74) is 6.36. The number of rotatable bonds is 10. The summed E-state index contributed by atoms with van der Waals surface area (Å²) >= 11 is 0. The fourth-order valence-corrected chi connectivity index (χ4v) is 7.35. The van der Waals surface area contributed by atoms with Gasteiger partial charge in [-0.25, -0.2) is 9.59 Å². The third kappa shape index (κ3) is 8.15. The van der Waals surface area contributed by atoms with E-state index in [1.54, 1.807) is 87.0 Å². The smallest absolute Gasteiger partial charge is 0.343 e. The van der Waals surface area contributed by atoms with Gasteiger partial charge in [-0.2, -0.15) is 0 Å². The molecule has 0 unspecified atom stereocenters. The first-order chi connectivity index (χ1) is 29.9. The molecule has 0 bridgehead atoms. The van der Waals surface area contributed by atoms with Crippen molar-refractivity contribution >= 4 is 57.8 Å². The van der Waals surface area contributed by atoms with Crippen LogP contribution in [0.2, 0.25) is 0 Å². The van der Waals surface area contributed by atoms with Gasteiger partial charge in [-0.15, -0.1) is 0 Å². The monoisotopic (exact) mass is 802 g/mol. The maximum atomic E-state index is 12.7. The molecule has 1 aliphatic rings. The number of hydrogen-bond acceptors (Lipinski definition) is 8. The number of carbonyl (C=O) groups is 2. The van der Waals surface area contributed by atoms with Crippen LogP contribution in [0.25, 0.3) is 57.0 Å². The number of ether oxygens (including phenoxy) is 6. The van der Waals surface area contributed by atoms with E-state index < -0.39 is 11.9 Å². The van der Waals surface area contributed by atoms with E-state index in [4.69, 9.17) is 28.4 Å². The minimum Gasteiger partial charge on any atom is -0.497 e. The largest absolute Gasteiger partial charge is 0.497 e. The molecule has 0 atom stereocenters. The molecule has 0 saturated carbocycles. The standard InChI is InChI=1S/C53H38O8/c1-56-42-27-19-36(20-28-42)52(54)60-44-23-13-34(14-24-44)11-17-40-31-38-7-3-5-9-46(38)48-49-47-10-6-4-8-39(47)32-41(51(49)59-33-58-50(40)48)18-12-35-15-25-45(26-16-35)61-53(55)37-21-29-43(57-2)30-22-37/h3-32H,33H2,1-2H3/b17-11+,18-12+. The molecule has 9 rings (SSSR count). The van der Waals surface area contributed by atoms with Crippen molar-refractivity contribution in [3.63, 3.8) is 0 Å². The van der Waals surface area contributed by atoms with Crippen molar-refractivity contribution in [2.45, 2.75) is 0 Å². The normalized spacial score (nSPS) is 12.0. The number of benzene rings is 8. The van der Waals surface area contributed by atoms with Crippen LogP contribution >= 0.6 is 0 Å². The first kappa shape index (κ1) is 38.4. The molecule has 0 fully saturated rings. The number of methoxy groups -OCH3 is 2. The summed E-state index contributed by atoms with van der Waals surface area (Å²) in [6.07, 6.45) is 8.10. The zero-order valence-corrected chi connectivity index (χ0v) is 33.3. The van der Waals surface area contributed by atoms with Crippen molar-refractivity contribution < 1.29 is 38.0 Å². The van der Waals surface area contributed by atoms with Crippen molar-refractivity contribution in [1.82, 2.24) is 0 Å². The van der Waals surface area contributed by atoms with Gasteiger partial charge in [-0.1, -0.05) is 97.1 Å². The molecule has 0 aromatic heterocycles. The second-order valence-electron chi connectivity index (χ2n) is 14.2. The first-order valence-electron chi connectivity index (χ1n) is 19.6. The van der Waals surface area contributed by atoms with E-state index >= 15 is 0 Å². The third-order valence-electron chi connectivity index (χ3n) is 10.5. The highest BCUT2D eigenvalue weighted by atomic mass is 16.7. The van der Waals surface area contributed by atoms with E-state index in [0.717, 1.165) is 54.9 Å². The Balaban J connectivity index is 1.02. The Morgan fingerprint density at radius 3 is 1.23 bits per heavy atom. The molecule has 298 valence electrons. The highest BCUT2D eigenvalue weighted by molar-refractivity contribution is 6.12. The summed E-state index contributed by atoms with van der Waals surface area (Å²) in [4.78, 5) is 25.5. The van der Waals surface area contributed by atoms with Crippen LogP contribution in [0.15, 0.2) is 158 Å². The van der Waals surface area contributed by atoms with Gasteiger partial charge in [0, 0.05) is 22.3 Å². The van der Waals surface area contributed by atoms with Crippen LogP contribution in [0, 0.1) is 0 Å². The van der Waals surface area contributed by atoms with E-state index in [9.17, 15) is 9.59 Å². The van der Waals surface area contributed by atoms with Gasteiger partial charge in [0.2, 0.25) is 6.79 Å². The minimum atomic E-state index is -0.448. The lowest BCUT2D eigenvalue weighted by Crippen LogP contribution is -2.08. The lowest BCUT2D eigenvalue weighted by Gasteiger charge is -2.17. The summed E-state index contributed by atoms with van der Waals surface area (Å²) in [5, 5.41) is 4.18. The molecule has 8 nitrogen and oxygen atoms in total. The van der Waals surface area contributed by atoms with Crippen molar-refractivity contribution in [1.29, 1.82) is 0 Å². The summed E-state index contributed by atoms with van der Waals surface area (Å²) in [5.74, 6) is 2.74. The maximum absolute atomic E-state index is 12.7. The molecular weight excluding hydrogens is 765 g/mol. The van der Waals surface area contributed by atoms with E-state index in [1.807, 2.05) is 72.8 Å². The van der Waals surface area contributed by atoms with Gasteiger partial charge in [-0.05, 0) is 118 Å². The van der Waals surface area contributed by atoms with Crippen LogP contribution in [0.4, 0.5) is 0 Å². The Hall–Kier alpha value is -8.10. The van der Waals surface area contributed by atoms with Gasteiger partial charge >= 0.3 is 11.9 Å². The van der Waals surface area contributed by atoms with E-state index in [-0.39, 0.29) is 6.79 Å². The average Bonchev–Trinajstić information content (AvgIpc) is 3.52. The maximum Gasteiger partial charge on any atom is 0.343 e. The lowest BCUT2D eigenvalue weighted by molar-refractivity contribution is 0.0725. The van der Waals surface area contributed by atoms with Crippen LogP contribution in [-0.2, 0) is 0 Å². The predicted molar refractivity (Wildman–Crippen MR) is 240 cm³/mol. The molecule has 8 heteroatoms. The zero-order valence-electron chi connectivity index (χ0n) is 33.3.